The lowest BCUT2D eigenvalue weighted by Crippen LogP contribution is -2.46. The van der Waals surface area contributed by atoms with E-state index in [9.17, 15) is 22.8 Å². The van der Waals surface area contributed by atoms with Crippen molar-refractivity contribution in [3.05, 3.63) is 29.6 Å². The summed E-state index contributed by atoms with van der Waals surface area (Å²) in [5.41, 5.74) is -0.302. The van der Waals surface area contributed by atoms with Gasteiger partial charge < -0.3 is 10.2 Å². The lowest BCUT2D eigenvalue weighted by atomic mass is 10.2. The van der Waals surface area contributed by atoms with Crippen LogP contribution in [-0.4, -0.2) is 40.8 Å². The van der Waals surface area contributed by atoms with Crippen molar-refractivity contribution in [2.75, 3.05) is 24.2 Å². The lowest BCUT2D eigenvalue weighted by molar-refractivity contribution is -0.143. The van der Waals surface area contributed by atoms with E-state index in [1.165, 1.54) is 4.90 Å². The molecule has 8 heteroatoms. The van der Waals surface area contributed by atoms with Gasteiger partial charge >= 0.3 is 11.8 Å². The van der Waals surface area contributed by atoms with Gasteiger partial charge in [0.25, 0.3) is 0 Å². The topological polar surface area (TPSA) is 49.4 Å². The second-order valence-corrected chi connectivity index (χ2v) is 6.19. The van der Waals surface area contributed by atoms with Crippen LogP contribution in [0.5, 0.6) is 0 Å². The third-order valence-corrected chi connectivity index (χ3v) is 4.10. The minimum absolute atomic E-state index is 0.219. The Hall–Kier alpha value is -1.70. The van der Waals surface area contributed by atoms with Crippen LogP contribution in [0.15, 0.2) is 12.1 Å². The van der Waals surface area contributed by atoms with Gasteiger partial charge in [-0.05, 0) is 0 Å². The SMILES string of the molecule is C[C@H]1CN(C(=O)C(=O)Nc2cc(F)c(F)c(F)c2)CCS1. The summed E-state index contributed by atoms with van der Waals surface area (Å²) in [5.74, 6) is -5.53. The number of anilines is 1. The third kappa shape index (κ3) is 3.69. The number of nitrogens with one attached hydrogen (secondary N) is 1. The van der Waals surface area contributed by atoms with Gasteiger partial charge in [0.05, 0.1) is 0 Å². The smallest absolute Gasteiger partial charge is 0.313 e. The quantitative estimate of drug-likeness (QED) is 0.636. The van der Waals surface area contributed by atoms with Crippen LogP contribution in [0, 0.1) is 17.5 Å². The molecule has 1 aliphatic heterocycles. The van der Waals surface area contributed by atoms with Gasteiger partial charge in [-0.25, -0.2) is 13.2 Å². The van der Waals surface area contributed by atoms with Gasteiger partial charge in [0, 0.05) is 41.9 Å². The van der Waals surface area contributed by atoms with Gasteiger partial charge in [-0.1, -0.05) is 6.92 Å². The van der Waals surface area contributed by atoms with E-state index in [0.29, 0.717) is 25.2 Å². The Kier molecular flexibility index (Phi) is 4.76. The molecule has 0 bridgehead atoms. The zero-order chi connectivity index (χ0) is 15.6. The van der Waals surface area contributed by atoms with Crippen molar-refractivity contribution >= 4 is 29.3 Å². The summed E-state index contributed by atoms with van der Waals surface area (Å²) in [6.45, 7) is 2.81. The molecule has 0 aliphatic carbocycles. The van der Waals surface area contributed by atoms with E-state index in [0.717, 1.165) is 5.75 Å². The number of hydrogen-bond donors (Lipinski definition) is 1. The molecular formula is C13H13F3N2O2S. The number of hydrogen-bond acceptors (Lipinski definition) is 3. The molecule has 0 unspecified atom stereocenters. The number of rotatable bonds is 1. The molecule has 4 nitrogen and oxygen atoms in total. The summed E-state index contributed by atoms with van der Waals surface area (Å²) >= 11 is 1.69. The highest BCUT2D eigenvalue weighted by Crippen LogP contribution is 2.19. The van der Waals surface area contributed by atoms with Crippen LogP contribution in [0.2, 0.25) is 0 Å². The molecule has 1 aliphatic rings. The van der Waals surface area contributed by atoms with Crippen molar-refractivity contribution in [3.8, 4) is 0 Å². The zero-order valence-corrected chi connectivity index (χ0v) is 12.0. The van der Waals surface area contributed by atoms with Gasteiger partial charge in [-0.2, -0.15) is 11.8 Å². The van der Waals surface area contributed by atoms with Crippen LogP contribution in [0.1, 0.15) is 6.92 Å². The standard InChI is InChI=1S/C13H13F3N2O2S/c1-7-6-18(2-3-21-7)13(20)12(19)17-8-4-9(14)11(16)10(15)5-8/h4-5,7H,2-3,6H2,1H3,(H,17,19)/t7-/m0/s1. The van der Waals surface area contributed by atoms with E-state index in [1.807, 2.05) is 6.92 Å². The lowest BCUT2D eigenvalue weighted by Gasteiger charge is -2.29. The first-order valence-electron chi connectivity index (χ1n) is 6.25. The van der Waals surface area contributed by atoms with Crippen LogP contribution < -0.4 is 5.32 Å². The number of amides is 2. The number of thioether (sulfide) groups is 1. The number of benzene rings is 1. The molecule has 0 radical (unpaired) electrons. The fourth-order valence-electron chi connectivity index (χ4n) is 1.96. The average molecular weight is 318 g/mol. The van der Waals surface area contributed by atoms with E-state index >= 15 is 0 Å². The van der Waals surface area contributed by atoms with Gasteiger partial charge in [0.15, 0.2) is 17.5 Å². The Morgan fingerprint density at radius 2 is 1.90 bits per heavy atom. The molecule has 2 amide bonds. The van der Waals surface area contributed by atoms with Crippen LogP contribution in [0.3, 0.4) is 0 Å². The molecule has 1 N–H and O–H groups in total. The minimum atomic E-state index is -1.62. The monoisotopic (exact) mass is 318 g/mol. The van der Waals surface area contributed by atoms with Gasteiger partial charge in [0.2, 0.25) is 0 Å². The Bertz CT molecular complexity index is 560. The molecule has 1 fully saturated rings. The van der Waals surface area contributed by atoms with Gasteiger partial charge in [0.1, 0.15) is 0 Å². The molecule has 0 saturated carbocycles. The number of carbonyl (C=O) groups excluding carboxylic acids is 2. The average Bonchev–Trinajstić information content (AvgIpc) is 2.43. The highest BCUT2D eigenvalue weighted by atomic mass is 32.2. The highest BCUT2D eigenvalue weighted by molar-refractivity contribution is 7.99. The van der Waals surface area contributed by atoms with Crippen LogP contribution in [0.25, 0.3) is 0 Å². The molecule has 1 saturated heterocycles. The van der Waals surface area contributed by atoms with Crippen molar-refractivity contribution < 1.29 is 22.8 Å². The normalized spacial score (nSPS) is 18.5. The molecule has 1 aromatic rings. The number of nitrogens with zero attached hydrogens (tertiary/aromatic N) is 1. The van der Waals surface area contributed by atoms with Crippen molar-refractivity contribution in [1.82, 2.24) is 4.90 Å². The number of carbonyl (C=O) groups is 2. The van der Waals surface area contributed by atoms with Crippen molar-refractivity contribution in [2.24, 2.45) is 0 Å². The largest absolute Gasteiger partial charge is 0.333 e. The molecule has 1 aromatic carbocycles. The predicted octanol–water partition coefficient (Wildman–Crippen LogP) is 2.01. The first-order valence-corrected chi connectivity index (χ1v) is 7.29. The van der Waals surface area contributed by atoms with E-state index in [2.05, 4.69) is 5.32 Å². The maximum Gasteiger partial charge on any atom is 0.313 e. The first kappa shape index (κ1) is 15.7. The summed E-state index contributed by atoms with van der Waals surface area (Å²) in [6.07, 6.45) is 0. The molecular weight excluding hydrogens is 305 g/mol. The van der Waals surface area contributed by atoms with Crippen molar-refractivity contribution in [2.45, 2.75) is 12.2 Å². The summed E-state index contributed by atoms with van der Waals surface area (Å²) < 4.78 is 38.9. The van der Waals surface area contributed by atoms with E-state index in [1.54, 1.807) is 11.8 Å². The fraction of sp³-hybridized carbons (Fsp3) is 0.385. The fourth-order valence-corrected chi connectivity index (χ4v) is 2.97. The Labute approximate surface area is 123 Å². The first-order chi connectivity index (χ1) is 9.88. The maximum atomic E-state index is 13.0. The highest BCUT2D eigenvalue weighted by Gasteiger charge is 2.26. The van der Waals surface area contributed by atoms with Crippen LogP contribution >= 0.6 is 11.8 Å². The van der Waals surface area contributed by atoms with Crippen LogP contribution in [0.4, 0.5) is 18.9 Å². The zero-order valence-electron chi connectivity index (χ0n) is 11.2. The number of halogens is 3. The maximum absolute atomic E-state index is 13.0. The summed E-state index contributed by atoms with van der Waals surface area (Å²) in [4.78, 5) is 25.1. The molecule has 1 heterocycles. The Morgan fingerprint density at radius 3 is 2.48 bits per heavy atom. The van der Waals surface area contributed by atoms with Gasteiger partial charge in [-0.15, -0.1) is 0 Å². The molecule has 0 aromatic heterocycles. The second-order valence-electron chi connectivity index (χ2n) is 4.64. The summed E-state index contributed by atoms with van der Waals surface area (Å²) in [5, 5.41) is 2.30. The van der Waals surface area contributed by atoms with E-state index < -0.39 is 29.3 Å². The molecule has 21 heavy (non-hydrogen) atoms. The second kappa shape index (κ2) is 6.38. The Balaban J connectivity index is 2.05. The summed E-state index contributed by atoms with van der Waals surface area (Å²) in [7, 11) is 0. The van der Waals surface area contributed by atoms with Crippen molar-refractivity contribution in [3.63, 3.8) is 0 Å². The van der Waals surface area contributed by atoms with E-state index in [4.69, 9.17) is 0 Å². The molecule has 1 atom stereocenters. The van der Waals surface area contributed by atoms with Gasteiger partial charge in [-0.3, -0.25) is 9.59 Å². The van der Waals surface area contributed by atoms with Crippen LogP contribution in [-0.2, 0) is 9.59 Å². The molecule has 2 rings (SSSR count). The Morgan fingerprint density at radius 1 is 1.29 bits per heavy atom. The van der Waals surface area contributed by atoms with Crippen molar-refractivity contribution in [1.29, 1.82) is 0 Å². The molecule has 0 spiro atoms. The predicted molar refractivity (Wildman–Crippen MR) is 73.4 cm³/mol. The third-order valence-electron chi connectivity index (χ3n) is 2.96. The van der Waals surface area contributed by atoms with E-state index in [-0.39, 0.29) is 10.9 Å². The minimum Gasteiger partial charge on any atom is -0.333 e. The summed E-state index contributed by atoms with van der Waals surface area (Å²) in [6, 6.07) is 1.25. The molecule has 114 valence electrons.